The first-order valence-electron chi connectivity index (χ1n) is 5.12. The molecule has 0 atom stereocenters. The third kappa shape index (κ3) is 2.09. The molecule has 0 aliphatic rings. The third-order valence-corrected chi connectivity index (χ3v) is 2.48. The van der Waals surface area contributed by atoms with E-state index >= 15 is 0 Å². The van der Waals surface area contributed by atoms with Gasteiger partial charge in [-0.1, -0.05) is 12.1 Å². The molecule has 0 radical (unpaired) electrons. The smallest absolute Gasteiger partial charge is 0.285 e. The predicted octanol–water partition coefficient (Wildman–Crippen LogP) is 0.649. The van der Waals surface area contributed by atoms with Crippen molar-refractivity contribution in [1.29, 1.82) is 0 Å². The molecule has 0 aliphatic carbocycles. The number of hydrogen-bond donors (Lipinski definition) is 3. The highest BCUT2D eigenvalue weighted by Crippen LogP contribution is 2.24. The molecule has 6 heteroatoms. The number of carbonyl (C=O) groups excluding carboxylic acids is 2. The molecule has 92 valence electrons. The minimum atomic E-state index is -0.640. The van der Waals surface area contributed by atoms with Gasteiger partial charge in [-0.2, -0.15) is 0 Å². The van der Waals surface area contributed by atoms with Crippen LogP contribution in [0.5, 0.6) is 0 Å². The Hall–Kier alpha value is -2.60. The lowest BCUT2D eigenvalue weighted by molar-refractivity contribution is 0.0951. The number of amides is 2. The maximum Gasteiger partial charge on any atom is 0.285 e. The highest BCUT2D eigenvalue weighted by Gasteiger charge is 2.14. The Morgan fingerprint density at radius 1 is 1.11 bits per heavy atom. The van der Waals surface area contributed by atoms with Gasteiger partial charge in [0.25, 0.3) is 11.8 Å². The number of primary amides is 1. The second kappa shape index (κ2) is 4.72. The highest BCUT2D eigenvalue weighted by molar-refractivity contribution is 5.98. The number of rotatable bonds is 3. The molecular weight excluding hydrogens is 234 g/mol. The molecule has 2 aromatic rings. The quantitative estimate of drug-likeness (QED) is 0.418. The van der Waals surface area contributed by atoms with Crippen molar-refractivity contribution in [1.82, 2.24) is 5.43 Å². The number of carbonyl (C=O) groups is 2. The van der Waals surface area contributed by atoms with Crippen LogP contribution < -0.4 is 17.0 Å². The molecule has 0 aliphatic heterocycles. The second-order valence-electron chi connectivity index (χ2n) is 3.58. The molecule has 1 heterocycles. The molecule has 18 heavy (non-hydrogen) atoms. The van der Waals surface area contributed by atoms with Crippen molar-refractivity contribution < 1.29 is 14.0 Å². The number of benzene rings is 1. The fraction of sp³-hybridized carbons (Fsp3) is 0. The zero-order valence-electron chi connectivity index (χ0n) is 9.34. The molecule has 0 bridgehead atoms. The summed E-state index contributed by atoms with van der Waals surface area (Å²) in [7, 11) is 0. The molecule has 0 spiro atoms. The normalized spacial score (nSPS) is 10.1. The van der Waals surface area contributed by atoms with Crippen LogP contribution in [0.3, 0.4) is 0 Å². The lowest BCUT2D eigenvalue weighted by Gasteiger charge is -2.02. The molecule has 5 N–H and O–H groups in total. The van der Waals surface area contributed by atoms with E-state index in [9.17, 15) is 9.59 Å². The Labute approximate surface area is 103 Å². The molecule has 0 saturated heterocycles. The van der Waals surface area contributed by atoms with Gasteiger partial charge >= 0.3 is 0 Å². The van der Waals surface area contributed by atoms with Crippen LogP contribution in [0.15, 0.2) is 41.0 Å². The first-order chi connectivity index (χ1) is 8.63. The number of hydrogen-bond acceptors (Lipinski definition) is 4. The van der Waals surface area contributed by atoms with E-state index in [1.54, 1.807) is 30.3 Å². The van der Waals surface area contributed by atoms with E-state index < -0.39 is 5.91 Å². The first-order valence-corrected chi connectivity index (χ1v) is 5.12. The summed E-state index contributed by atoms with van der Waals surface area (Å²) in [5.74, 6) is 4.09. The summed E-state index contributed by atoms with van der Waals surface area (Å²) in [5, 5.41) is 0. The van der Waals surface area contributed by atoms with E-state index in [1.807, 2.05) is 5.43 Å². The Bertz CT molecular complexity index is 587. The summed E-state index contributed by atoms with van der Waals surface area (Å²) in [5.41, 5.74) is 8.95. The Kier molecular flexibility index (Phi) is 3.11. The van der Waals surface area contributed by atoms with Crippen LogP contribution in [0.1, 0.15) is 20.9 Å². The van der Waals surface area contributed by atoms with Crippen LogP contribution >= 0.6 is 0 Å². The highest BCUT2D eigenvalue weighted by atomic mass is 16.3. The van der Waals surface area contributed by atoms with Gasteiger partial charge in [-0.05, 0) is 23.8 Å². The Morgan fingerprint density at radius 2 is 1.78 bits per heavy atom. The first kappa shape index (κ1) is 11.9. The van der Waals surface area contributed by atoms with Crippen molar-refractivity contribution in [3.63, 3.8) is 0 Å². The molecule has 0 unspecified atom stereocenters. The SMILES string of the molecule is NNC(=O)c1ccc(-c2ccoc2C(N)=O)cc1. The van der Waals surface area contributed by atoms with Crippen LogP contribution in [0.2, 0.25) is 0 Å². The van der Waals surface area contributed by atoms with Crippen molar-refractivity contribution in [3.8, 4) is 11.1 Å². The van der Waals surface area contributed by atoms with E-state index in [-0.39, 0.29) is 11.7 Å². The maximum atomic E-state index is 11.3. The molecular formula is C12H11N3O3. The maximum absolute atomic E-state index is 11.3. The minimum Gasteiger partial charge on any atom is -0.459 e. The largest absolute Gasteiger partial charge is 0.459 e. The monoisotopic (exact) mass is 245 g/mol. The van der Waals surface area contributed by atoms with Crippen LogP contribution in [-0.2, 0) is 0 Å². The van der Waals surface area contributed by atoms with Gasteiger partial charge in [0.2, 0.25) is 0 Å². The fourth-order valence-corrected chi connectivity index (χ4v) is 1.61. The topological polar surface area (TPSA) is 111 Å². The van der Waals surface area contributed by atoms with Crippen LogP contribution in [0, 0.1) is 0 Å². The molecule has 0 saturated carbocycles. The summed E-state index contributed by atoms with van der Waals surface area (Å²) in [6.07, 6.45) is 1.38. The Morgan fingerprint density at radius 3 is 2.33 bits per heavy atom. The zero-order valence-corrected chi connectivity index (χ0v) is 9.34. The van der Waals surface area contributed by atoms with Gasteiger partial charge < -0.3 is 10.2 Å². The number of hydrazine groups is 1. The van der Waals surface area contributed by atoms with Crippen LogP contribution in [0.25, 0.3) is 11.1 Å². The second-order valence-corrected chi connectivity index (χ2v) is 3.58. The van der Waals surface area contributed by atoms with Gasteiger partial charge in [0, 0.05) is 11.1 Å². The van der Waals surface area contributed by atoms with Gasteiger partial charge in [0.15, 0.2) is 5.76 Å². The third-order valence-electron chi connectivity index (χ3n) is 2.48. The van der Waals surface area contributed by atoms with E-state index in [4.69, 9.17) is 16.0 Å². The van der Waals surface area contributed by atoms with Crippen molar-refractivity contribution in [3.05, 3.63) is 47.9 Å². The van der Waals surface area contributed by atoms with Crippen LogP contribution in [0.4, 0.5) is 0 Å². The minimum absolute atomic E-state index is 0.0889. The number of furan rings is 1. The lowest BCUT2D eigenvalue weighted by Crippen LogP contribution is -2.29. The fourth-order valence-electron chi connectivity index (χ4n) is 1.61. The van der Waals surface area contributed by atoms with E-state index in [1.165, 1.54) is 6.26 Å². The van der Waals surface area contributed by atoms with Crippen LogP contribution in [-0.4, -0.2) is 11.8 Å². The lowest BCUT2D eigenvalue weighted by atomic mass is 10.0. The van der Waals surface area contributed by atoms with Gasteiger partial charge in [-0.25, -0.2) is 5.84 Å². The average molecular weight is 245 g/mol. The number of nitrogen functional groups attached to an aromatic ring is 1. The number of nitrogens with one attached hydrogen (secondary N) is 1. The van der Waals surface area contributed by atoms with E-state index in [0.29, 0.717) is 11.1 Å². The van der Waals surface area contributed by atoms with E-state index in [0.717, 1.165) is 5.56 Å². The van der Waals surface area contributed by atoms with Crippen molar-refractivity contribution >= 4 is 11.8 Å². The number of nitrogens with two attached hydrogens (primary N) is 2. The molecule has 1 aromatic heterocycles. The average Bonchev–Trinajstić information content (AvgIpc) is 2.87. The van der Waals surface area contributed by atoms with Gasteiger partial charge in [0.05, 0.1) is 6.26 Å². The summed E-state index contributed by atoms with van der Waals surface area (Å²) in [6.45, 7) is 0. The van der Waals surface area contributed by atoms with Crippen molar-refractivity contribution in [2.24, 2.45) is 11.6 Å². The predicted molar refractivity (Wildman–Crippen MR) is 64.3 cm³/mol. The van der Waals surface area contributed by atoms with Crippen molar-refractivity contribution in [2.75, 3.05) is 0 Å². The summed E-state index contributed by atoms with van der Waals surface area (Å²) < 4.78 is 5.01. The molecule has 1 aromatic carbocycles. The van der Waals surface area contributed by atoms with Crippen molar-refractivity contribution in [2.45, 2.75) is 0 Å². The molecule has 2 rings (SSSR count). The van der Waals surface area contributed by atoms with Gasteiger partial charge in [-0.15, -0.1) is 0 Å². The molecule has 2 amide bonds. The summed E-state index contributed by atoms with van der Waals surface area (Å²) in [6, 6.07) is 8.19. The van der Waals surface area contributed by atoms with E-state index in [2.05, 4.69) is 0 Å². The molecule has 0 fully saturated rings. The zero-order chi connectivity index (χ0) is 13.1. The summed E-state index contributed by atoms with van der Waals surface area (Å²) >= 11 is 0. The summed E-state index contributed by atoms with van der Waals surface area (Å²) in [4.78, 5) is 22.4. The van der Waals surface area contributed by atoms with Gasteiger partial charge in [0.1, 0.15) is 0 Å². The van der Waals surface area contributed by atoms with Gasteiger partial charge in [-0.3, -0.25) is 15.0 Å². The molecule has 6 nitrogen and oxygen atoms in total. The Balaban J connectivity index is 2.37. The standard InChI is InChI=1S/C12H11N3O3/c13-11(16)10-9(5-6-18-10)7-1-3-8(4-2-7)12(17)15-14/h1-6H,14H2,(H2,13,16)(H,15,17).